The van der Waals surface area contributed by atoms with Crippen molar-refractivity contribution in [1.29, 1.82) is 0 Å². The molecule has 0 aromatic heterocycles. The number of carbonyl (C=O) groups is 4. The van der Waals surface area contributed by atoms with Crippen molar-refractivity contribution in [2.45, 2.75) is 432 Å². The second-order valence-electron chi connectivity index (χ2n) is 28.6. The van der Waals surface area contributed by atoms with Crippen LogP contribution in [0.15, 0.2) is 0 Å². The molecule has 0 aliphatic rings. The van der Waals surface area contributed by atoms with E-state index in [0.29, 0.717) is 25.7 Å². The van der Waals surface area contributed by atoms with Crippen LogP contribution in [0.4, 0.5) is 0 Å². The summed E-state index contributed by atoms with van der Waals surface area (Å²) in [7, 11) is -9.90. The van der Waals surface area contributed by atoms with Gasteiger partial charge in [0.05, 0.1) is 26.4 Å². The summed E-state index contributed by atoms with van der Waals surface area (Å²) in [4.78, 5) is 72.6. The molecular weight excluding hydrogens is 1270 g/mol. The van der Waals surface area contributed by atoms with Crippen LogP contribution in [-0.4, -0.2) is 96.7 Å². The number of aliphatic hydroxyl groups is 1. The monoisotopic (exact) mass is 1420 g/mol. The number of aliphatic hydroxyl groups excluding tert-OH is 1. The molecule has 0 fully saturated rings. The Labute approximate surface area is 594 Å². The Morgan fingerprint density at radius 3 is 0.701 bits per heavy atom. The third-order valence-corrected chi connectivity index (χ3v) is 20.2. The van der Waals surface area contributed by atoms with Gasteiger partial charge in [-0.2, -0.15) is 0 Å². The molecule has 19 heteroatoms. The molecule has 0 spiro atoms. The minimum absolute atomic E-state index is 0.105. The van der Waals surface area contributed by atoms with Gasteiger partial charge in [-0.15, -0.1) is 0 Å². The van der Waals surface area contributed by atoms with Gasteiger partial charge in [-0.3, -0.25) is 37.3 Å². The largest absolute Gasteiger partial charge is 0.472 e. The lowest BCUT2D eigenvalue weighted by molar-refractivity contribution is -0.161. The predicted molar refractivity (Wildman–Crippen MR) is 395 cm³/mol. The van der Waals surface area contributed by atoms with Crippen molar-refractivity contribution >= 4 is 39.5 Å². The topological polar surface area (TPSA) is 237 Å². The summed E-state index contributed by atoms with van der Waals surface area (Å²) in [6, 6.07) is 0. The quantitative estimate of drug-likeness (QED) is 0.0222. The van der Waals surface area contributed by atoms with E-state index in [1.165, 1.54) is 231 Å². The van der Waals surface area contributed by atoms with Crippen molar-refractivity contribution in [3.05, 3.63) is 0 Å². The first kappa shape index (κ1) is 95.1. The number of hydrogen-bond acceptors (Lipinski definition) is 15. The lowest BCUT2D eigenvalue weighted by Crippen LogP contribution is -2.30. The van der Waals surface area contributed by atoms with Crippen LogP contribution in [0, 0.1) is 5.92 Å². The van der Waals surface area contributed by atoms with Crippen LogP contribution < -0.4 is 0 Å². The van der Waals surface area contributed by atoms with E-state index in [-0.39, 0.29) is 25.7 Å². The highest BCUT2D eigenvalue weighted by Crippen LogP contribution is 2.45. The highest BCUT2D eigenvalue weighted by molar-refractivity contribution is 7.47. The van der Waals surface area contributed by atoms with Gasteiger partial charge < -0.3 is 33.8 Å². The summed E-state index contributed by atoms with van der Waals surface area (Å²) in [6.07, 6.45) is 61.7. The lowest BCUT2D eigenvalue weighted by atomic mass is 10.0. The third-order valence-electron chi connectivity index (χ3n) is 18.3. The maximum atomic E-state index is 13.1. The van der Waals surface area contributed by atoms with Gasteiger partial charge in [0.15, 0.2) is 12.2 Å². The number of carbonyl (C=O) groups excluding carboxylic acids is 4. The second kappa shape index (κ2) is 71.1. The first-order chi connectivity index (χ1) is 47.0. The fourth-order valence-corrected chi connectivity index (χ4v) is 13.6. The molecule has 0 aromatic rings. The zero-order valence-electron chi connectivity index (χ0n) is 63.2. The number of phosphoric acid groups is 2. The molecule has 0 saturated heterocycles. The van der Waals surface area contributed by atoms with Gasteiger partial charge in [-0.1, -0.05) is 362 Å². The molecule has 0 radical (unpaired) electrons. The van der Waals surface area contributed by atoms with E-state index in [4.69, 9.17) is 37.0 Å². The number of unbranched alkanes of at least 4 members (excludes halogenated alkanes) is 50. The molecule has 17 nitrogen and oxygen atoms in total. The number of ether oxygens (including phenoxy) is 4. The Balaban J connectivity index is 5.11. The summed E-state index contributed by atoms with van der Waals surface area (Å²) in [5.74, 6) is -1.37. The molecule has 0 aliphatic heterocycles. The molecule has 0 aromatic carbocycles. The Hall–Kier alpha value is -1.94. The highest BCUT2D eigenvalue weighted by Gasteiger charge is 2.30. The summed E-state index contributed by atoms with van der Waals surface area (Å²) in [6.45, 7) is 7.20. The summed E-state index contributed by atoms with van der Waals surface area (Å²) < 4.78 is 68.3. The van der Waals surface area contributed by atoms with E-state index in [2.05, 4.69) is 34.6 Å². The van der Waals surface area contributed by atoms with Gasteiger partial charge in [0.1, 0.15) is 19.3 Å². The van der Waals surface area contributed by atoms with Crippen LogP contribution >= 0.6 is 15.6 Å². The van der Waals surface area contributed by atoms with Crippen LogP contribution in [0.25, 0.3) is 0 Å². The maximum Gasteiger partial charge on any atom is 0.472 e. The van der Waals surface area contributed by atoms with E-state index in [1.807, 2.05) is 0 Å². The fourth-order valence-electron chi connectivity index (χ4n) is 12.1. The zero-order chi connectivity index (χ0) is 71.2. The third kappa shape index (κ3) is 72.2. The SMILES string of the molecule is CCCCCCCCCCCCCCCCCCCCCCCCC(=O)O[C@H](COC(=O)CCCCCCCCCCCCCCCCCCC)COP(=O)(O)OC[C@@H](O)COP(=O)(O)OC[C@@H](COC(=O)CCCCCCC)OC(=O)CCCCCCCCCCCCC(C)C. The van der Waals surface area contributed by atoms with E-state index in [9.17, 15) is 43.2 Å². The molecular formula is C78H152O17P2. The van der Waals surface area contributed by atoms with Crippen molar-refractivity contribution in [2.24, 2.45) is 5.92 Å². The molecule has 0 amide bonds. The fraction of sp³-hybridized carbons (Fsp3) is 0.949. The average molecular weight is 1420 g/mol. The van der Waals surface area contributed by atoms with Gasteiger partial charge in [-0.05, 0) is 31.6 Å². The van der Waals surface area contributed by atoms with Crippen LogP contribution in [-0.2, 0) is 65.4 Å². The van der Waals surface area contributed by atoms with E-state index < -0.39 is 97.5 Å². The van der Waals surface area contributed by atoms with Crippen molar-refractivity contribution in [3.8, 4) is 0 Å². The van der Waals surface area contributed by atoms with Crippen LogP contribution in [0.1, 0.15) is 413 Å². The Kier molecular flexibility index (Phi) is 69.6. The lowest BCUT2D eigenvalue weighted by Gasteiger charge is -2.21. The molecule has 0 heterocycles. The first-order valence-electron chi connectivity index (χ1n) is 40.6. The summed E-state index contributed by atoms with van der Waals surface area (Å²) in [5, 5.41) is 10.6. The molecule has 576 valence electrons. The molecule has 3 N–H and O–H groups in total. The van der Waals surface area contributed by atoms with Crippen LogP contribution in [0.5, 0.6) is 0 Å². The Bertz CT molecular complexity index is 1860. The van der Waals surface area contributed by atoms with Crippen molar-refractivity contribution in [3.63, 3.8) is 0 Å². The second-order valence-corrected chi connectivity index (χ2v) is 31.5. The molecule has 2 unspecified atom stereocenters. The van der Waals surface area contributed by atoms with E-state index in [1.54, 1.807) is 0 Å². The maximum absolute atomic E-state index is 13.1. The first-order valence-corrected chi connectivity index (χ1v) is 43.6. The zero-order valence-corrected chi connectivity index (χ0v) is 65.0. The molecule has 0 rings (SSSR count). The normalized spacial score (nSPS) is 13.9. The molecule has 5 atom stereocenters. The van der Waals surface area contributed by atoms with Gasteiger partial charge in [0, 0.05) is 25.7 Å². The van der Waals surface area contributed by atoms with E-state index in [0.717, 1.165) is 102 Å². The molecule has 0 aliphatic carbocycles. The van der Waals surface area contributed by atoms with Gasteiger partial charge in [-0.25, -0.2) is 9.13 Å². The average Bonchev–Trinajstić information content (AvgIpc) is 2.25. The minimum Gasteiger partial charge on any atom is -0.462 e. The molecule has 97 heavy (non-hydrogen) atoms. The number of hydrogen-bond donors (Lipinski definition) is 3. The van der Waals surface area contributed by atoms with Gasteiger partial charge in [0.25, 0.3) is 0 Å². The highest BCUT2D eigenvalue weighted by atomic mass is 31.2. The summed E-state index contributed by atoms with van der Waals surface area (Å²) in [5.41, 5.74) is 0. The smallest absolute Gasteiger partial charge is 0.462 e. The number of rotatable bonds is 78. The predicted octanol–water partition coefficient (Wildman–Crippen LogP) is 23.3. The number of phosphoric ester groups is 2. The van der Waals surface area contributed by atoms with Crippen molar-refractivity contribution in [1.82, 2.24) is 0 Å². The van der Waals surface area contributed by atoms with Crippen LogP contribution in [0.2, 0.25) is 0 Å². The molecule has 0 bridgehead atoms. The van der Waals surface area contributed by atoms with Gasteiger partial charge >= 0.3 is 39.5 Å². The van der Waals surface area contributed by atoms with Gasteiger partial charge in [0.2, 0.25) is 0 Å². The van der Waals surface area contributed by atoms with Crippen LogP contribution in [0.3, 0.4) is 0 Å². The minimum atomic E-state index is -4.96. The van der Waals surface area contributed by atoms with Crippen molar-refractivity contribution in [2.75, 3.05) is 39.6 Å². The Morgan fingerprint density at radius 1 is 0.278 bits per heavy atom. The molecule has 0 saturated carbocycles. The number of esters is 4. The van der Waals surface area contributed by atoms with E-state index >= 15 is 0 Å². The summed E-state index contributed by atoms with van der Waals surface area (Å²) >= 11 is 0. The Morgan fingerprint density at radius 2 is 0.474 bits per heavy atom. The van der Waals surface area contributed by atoms with Crippen molar-refractivity contribution < 1.29 is 80.2 Å². The standard InChI is InChI=1S/C78H152O17P2/c1-6-9-12-15-17-19-21-23-25-27-28-29-30-31-33-35-37-39-44-48-53-58-63-78(83)95-74(68-89-76(81)62-57-52-47-43-38-36-34-32-26-24-22-20-18-16-13-10-7-2)70-93-97(86,87)91-66-72(79)65-90-96(84,85)92-69-73(67-88-75(80)61-56-50-14-11-8-3)94-77(82)64-59-54-49-45-41-40-42-46-51-55-60-71(4)5/h71-74,79H,6-70H2,1-5H3,(H,84,85)(H,86,87)/t72-,73+,74+/m0/s1.